The Labute approximate surface area is 218 Å². The maximum Gasteiger partial charge on any atom is 0.201 e. The predicted octanol–water partition coefficient (Wildman–Crippen LogP) is 2.80. The van der Waals surface area contributed by atoms with Gasteiger partial charge in [-0.2, -0.15) is 0 Å². The fourth-order valence-corrected chi connectivity index (χ4v) is 3.87. The first-order chi connectivity index (χ1) is 18.3. The highest BCUT2D eigenvalue weighted by atomic mass is 16.3. The van der Waals surface area contributed by atoms with E-state index in [1.54, 1.807) is 0 Å². The van der Waals surface area contributed by atoms with Crippen LogP contribution in [0, 0.1) is 0 Å². The fraction of sp³-hybridized carbons (Fsp3) is 0.0370. The van der Waals surface area contributed by atoms with Crippen LogP contribution in [0.25, 0.3) is 0 Å². The number of hydrogen-bond acceptors (Lipinski definition) is 12. The summed E-state index contributed by atoms with van der Waals surface area (Å²) in [6.07, 6.45) is -0.554. The lowest BCUT2D eigenvalue weighted by molar-refractivity contribution is 0.102. The monoisotopic (exact) mass is 536 g/mol. The van der Waals surface area contributed by atoms with E-state index < -0.39 is 86.6 Å². The summed E-state index contributed by atoms with van der Waals surface area (Å²) in [6, 6.07) is 8.02. The van der Waals surface area contributed by atoms with Crippen molar-refractivity contribution in [2.24, 2.45) is 0 Å². The maximum absolute atomic E-state index is 13.0. The molecule has 10 N–H and O–H groups in total. The molecule has 0 amide bonds. The Hall–Kier alpha value is -5.78. The van der Waals surface area contributed by atoms with Gasteiger partial charge >= 0.3 is 0 Å². The molecule has 0 heterocycles. The first-order valence-electron chi connectivity index (χ1n) is 11.0. The van der Waals surface area contributed by atoms with Crippen LogP contribution in [0.2, 0.25) is 0 Å². The molecule has 0 unspecified atom stereocenters. The van der Waals surface area contributed by atoms with Crippen LogP contribution in [-0.2, 0) is 6.42 Å². The normalized spacial score (nSPS) is 10.9. The molecular weight excluding hydrogens is 516 g/mol. The third-order valence-corrected chi connectivity index (χ3v) is 6.00. The Bertz CT molecular complexity index is 1550. The van der Waals surface area contributed by atoms with Crippen LogP contribution >= 0.6 is 0 Å². The molecule has 4 aromatic carbocycles. The van der Waals surface area contributed by atoms with Crippen molar-refractivity contribution in [1.29, 1.82) is 0 Å². The van der Waals surface area contributed by atoms with E-state index >= 15 is 0 Å². The van der Waals surface area contributed by atoms with Gasteiger partial charge in [-0.25, -0.2) is 0 Å². The third-order valence-electron chi connectivity index (χ3n) is 6.00. The van der Waals surface area contributed by atoms with Crippen molar-refractivity contribution in [2.45, 2.75) is 6.42 Å². The lowest BCUT2D eigenvalue weighted by atomic mass is 9.93. The van der Waals surface area contributed by atoms with Crippen LogP contribution in [0.1, 0.15) is 43.0 Å². The quantitative estimate of drug-likeness (QED) is 0.126. The van der Waals surface area contributed by atoms with E-state index in [4.69, 9.17) is 0 Å². The van der Waals surface area contributed by atoms with Gasteiger partial charge in [0, 0.05) is 28.7 Å². The largest absolute Gasteiger partial charge is 0.504 e. The minimum atomic E-state index is -1.10. The molecule has 0 saturated heterocycles. The van der Waals surface area contributed by atoms with E-state index in [9.17, 15) is 60.7 Å². The minimum absolute atomic E-state index is 0.202. The van der Waals surface area contributed by atoms with Gasteiger partial charge in [0.15, 0.2) is 57.6 Å². The van der Waals surface area contributed by atoms with Crippen molar-refractivity contribution >= 4 is 11.6 Å². The molecule has 0 spiro atoms. The molecular formula is C27H20O12. The van der Waals surface area contributed by atoms with Crippen LogP contribution in [0.15, 0.2) is 48.5 Å². The summed E-state index contributed by atoms with van der Waals surface area (Å²) in [7, 11) is 0. The highest BCUT2D eigenvalue weighted by Crippen LogP contribution is 2.46. The number of aromatic hydroxyl groups is 10. The smallest absolute Gasteiger partial charge is 0.201 e. The standard InChI is InChI=1S/C27H20O12/c28-16-3-1-10(8-18(16)30)20(32)14-6-12(22(34)26(38)24(14)36)5-13-7-15(25(37)27(39)23(13)35)21(33)11-2-4-17(29)19(31)9-11/h1-4,6-9,28-31,34-39H,5H2. The number of benzene rings is 4. The molecule has 0 aliphatic carbocycles. The summed E-state index contributed by atoms with van der Waals surface area (Å²) in [5.41, 5.74) is -2.01. The molecule has 0 radical (unpaired) electrons. The Balaban J connectivity index is 1.80. The Morgan fingerprint density at radius 3 is 1.13 bits per heavy atom. The van der Waals surface area contributed by atoms with Gasteiger partial charge in [-0.1, -0.05) is 0 Å². The van der Waals surface area contributed by atoms with Crippen molar-refractivity contribution in [3.05, 3.63) is 81.9 Å². The Kier molecular flexibility index (Phi) is 6.47. The zero-order valence-corrected chi connectivity index (χ0v) is 19.6. The van der Waals surface area contributed by atoms with Crippen molar-refractivity contribution in [2.75, 3.05) is 0 Å². The lowest BCUT2D eigenvalue weighted by Gasteiger charge is -2.15. The molecule has 4 rings (SSSR count). The van der Waals surface area contributed by atoms with Crippen LogP contribution in [0.4, 0.5) is 0 Å². The lowest BCUT2D eigenvalue weighted by Crippen LogP contribution is -2.05. The van der Waals surface area contributed by atoms with Crippen molar-refractivity contribution in [1.82, 2.24) is 0 Å². The van der Waals surface area contributed by atoms with Crippen LogP contribution in [0.5, 0.6) is 57.5 Å². The zero-order valence-electron chi connectivity index (χ0n) is 19.6. The van der Waals surface area contributed by atoms with Gasteiger partial charge < -0.3 is 51.1 Å². The first-order valence-corrected chi connectivity index (χ1v) is 11.0. The fourth-order valence-electron chi connectivity index (χ4n) is 3.87. The number of carbonyl (C=O) groups excluding carboxylic acids is 2. The van der Waals surface area contributed by atoms with Gasteiger partial charge in [0.1, 0.15) is 0 Å². The van der Waals surface area contributed by atoms with E-state index in [-0.39, 0.29) is 22.3 Å². The van der Waals surface area contributed by atoms with Gasteiger partial charge in [0.25, 0.3) is 0 Å². The molecule has 0 atom stereocenters. The summed E-state index contributed by atoms with van der Waals surface area (Å²) < 4.78 is 0. The van der Waals surface area contributed by atoms with Crippen LogP contribution in [-0.4, -0.2) is 62.6 Å². The second kappa shape index (κ2) is 9.59. The first kappa shape index (κ1) is 26.3. The molecule has 0 fully saturated rings. The van der Waals surface area contributed by atoms with E-state index in [0.29, 0.717) is 0 Å². The molecule has 0 aromatic heterocycles. The van der Waals surface area contributed by atoms with E-state index in [1.165, 1.54) is 0 Å². The summed E-state index contributed by atoms with van der Waals surface area (Å²) in [4.78, 5) is 25.9. The highest BCUT2D eigenvalue weighted by Gasteiger charge is 2.26. The average Bonchev–Trinajstić information content (AvgIpc) is 2.91. The van der Waals surface area contributed by atoms with Gasteiger partial charge in [0.05, 0.1) is 11.1 Å². The highest BCUT2D eigenvalue weighted by molar-refractivity contribution is 6.12. The number of ketones is 2. The summed E-state index contributed by atoms with van der Waals surface area (Å²) in [5, 5.41) is 100. The average molecular weight is 536 g/mol. The van der Waals surface area contributed by atoms with Gasteiger partial charge in [-0.3, -0.25) is 9.59 Å². The van der Waals surface area contributed by atoms with E-state index in [0.717, 1.165) is 48.5 Å². The second-order valence-electron chi connectivity index (χ2n) is 8.50. The Morgan fingerprint density at radius 2 is 0.795 bits per heavy atom. The Morgan fingerprint density at radius 1 is 0.436 bits per heavy atom. The molecule has 0 bridgehead atoms. The summed E-state index contributed by atoms with van der Waals surface area (Å²) in [6.45, 7) is 0. The SMILES string of the molecule is O=C(c1ccc(O)c(O)c1)c1cc(Cc2cc(C(=O)c3ccc(O)c(O)c3)c(O)c(O)c2O)c(O)c(O)c1O. The summed E-state index contributed by atoms with van der Waals surface area (Å²) >= 11 is 0. The molecule has 200 valence electrons. The number of phenols is 10. The van der Waals surface area contributed by atoms with E-state index in [2.05, 4.69) is 0 Å². The number of phenolic OH excluding ortho intramolecular Hbond substituents is 10. The predicted molar refractivity (Wildman–Crippen MR) is 132 cm³/mol. The number of carbonyl (C=O) groups is 2. The van der Waals surface area contributed by atoms with Crippen molar-refractivity contribution < 1.29 is 60.7 Å². The minimum Gasteiger partial charge on any atom is -0.504 e. The number of hydrogen-bond donors (Lipinski definition) is 10. The van der Waals surface area contributed by atoms with Gasteiger partial charge in [0.2, 0.25) is 11.5 Å². The van der Waals surface area contributed by atoms with Crippen LogP contribution in [0.3, 0.4) is 0 Å². The van der Waals surface area contributed by atoms with Gasteiger partial charge in [-0.15, -0.1) is 0 Å². The molecule has 0 aliphatic heterocycles. The molecule has 0 saturated carbocycles. The maximum atomic E-state index is 13.0. The molecule has 0 aliphatic rings. The summed E-state index contributed by atoms with van der Waals surface area (Å²) in [5.74, 6) is -10.2. The second-order valence-corrected chi connectivity index (χ2v) is 8.50. The third kappa shape index (κ3) is 4.57. The molecule has 12 heteroatoms. The number of rotatable bonds is 6. The zero-order chi connectivity index (χ0) is 28.8. The molecule has 4 aromatic rings. The van der Waals surface area contributed by atoms with E-state index in [1.807, 2.05) is 0 Å². The van der Waals surface area contributed by atoms with Gasteiger partial charge in [-0.05, 0) is 48.5 Å². The van der Waals surface area contributed by atoms with Crippen molar-refractivity contribution in [3.63, 3.8) is 0 Å². The topological polar surface area (TPSA) is 236 Å². The molecule has 39 heavy (non-hydrogen) atoms. The molecule has 12 nitrogen and oxygen atoms in total. The van der Waals surface area contributed by atoms with Crippen molar-refractivity contribution in [3.8, 4) is 57.5 Å². The van der Waals surface area contributed by atoms with Crippen LogP contribution < -0.4 is 0 Å².